The first-order chi connectivity index (χ1) is 15.9. The lowest BCUT2D eigenvalue weighted by Gasteiger charge is -2.27. The lowest BCUT2D eigenvalue weighted by molar-refractivity contribution is 0.0947. The van der Waals surface area contributed by atoms with Gasteiger partial charge in [-0.1, -0.05) is 6.07 Å². The number of carbonyl (C=O) groups excluding carboxylic acids is 2. The van der Waals surface area contributed by atoms with E-state index in [-0.39, 0.29) is 24.5 Å². The number of pyridine rings is 1. The number of likely N-dealkylation sites (tertiary alicyclic amines) is 1. The summed E-state index contributed by atoms with van der Waals surface area (Å²) in [5.41, 5.74) is 1.83. The number of hydrogen-bond acceptors (Lipinski definition) is 5. The monoisotopic (exact) mass is 451 g/mol. The molecule has 3 amide bonds. The summed E-state index contributed by atoms with van der Waals surface area (Å²) in [5, 5.41) is 2.95. The number of benzene rings is 1. The first-order valence-electron chi connectivity index (χ1n) is 10.9. The Hall–Kier alpha value is -3.75. The molecule has 0 spiro atoms. The van der Waals surface area contributed by atoms with E-state index in [0.29, 0.717) is 35.1 Å². The minimum atomic E-state index is -0.293. The first kappa shape index (κ1) is 22.4. The summed E-state index contributed by atoms with van der Waals surface area (Å²) in [4.78, 5) is 34.0. The van der Waals surface area contributed by atoms with Crippen LogP contribution in [0.15, 0.2) is 42.6 Å². The molecule has 9 nitrogen and oxygen atoms in total. The number of imidazole rings is 1. The van der Waals surface area contributed by atoms with Crippen LogP contribution in [-0.4, -0.2) is 66.0 Å². The van der Waals surface area contributed by atoms with Gasteiger partial charge in [-0.05, 0) is 43.2 Å². The Morgan fingerprint density at radius 1 is 1.18 bits per heavy atom. The summed E-state index contributed by atoms with van der Waals surface area (Å²) in [6.07, 6.45) is 3.58. The molecule has 2 aromatic heterocycles. The maximum absolute atomic E-state index is 13.2. The number of nitrogens with one attached hydrogen (secondary N) is 1. The predicted octanol–water partition coefficient (Wildman–Crippen LogP) is 3.10. The Morgan fingerprint density at radius 3 is 2.73 bits per heavy atom. The zero-order chi connectivity index (χ0) is 23.5. The van der Waals surface area contributed by atoms with Gasteiger partial charge in [0, 0.05) is 38.9 Å². The van der Waals surface area contributed by atoms with Crippen molar-refractivity contribution in [3.8, 4) is 11.5 Å². The van der Waals surface area contributed by atoms with Gasteiger partial charge in [0.05, 0.1) is 25.8 Å². The van der Waals surface area contributed by atoms with Gasteiger partial charge in [0.1, 0.15) is 17.3 Å². The largest absolute Gasteiger partial charge is 0.497 e. The Kier molecular flexibility index (Phi) is 6.39. The van der Waals surface area contributed by atoms with Crippen LogP contribution in [0.1, 0.15) is 40.8 Å². The summed E-state index contributed by atoms with van der Waals surface area (Å²) >= 11 is 0. The summed E-state index contributed by atoms with van der Waals surface area (Å²) in [6, 6.07) is 10.8. The molecular weight excluding hydrogens is 422 g/mol. The maximum Gasteiger partial charge on any atom is 0.320 e. The zero-order valence-corrected chi connectivity index (χ0v) is 19.4. The van der Waals surface area contributed by atoms with E-state index in [1.807, 2.05) is 45.8 Å². The van der Waals surface area contributed by atoms with Crippen molar-refractivity contribution in [3.63, 3.8) is 0 Å². The topological polar surface area (TPSA) is 88.4 Å². The molecule has 0 unspecified atom stereocenters. The van der Waals surface area contributed by atoms with Gasteiger partial charge in [-0.3, -0.25) is 4.79 Å². The van der Waals surface area contributed by atoms with E-state index in [0.717, 1.165) is 18.4 Å². The number of amides is 3. The van der Waals surface area contributed by atoms with Crippen LogP contribution >= 0.6 is 0 Å². The number of nitrogens with zero attached hydrogens (tertiary/aromatic N) is 4. The molecule has 1 aliphatic rings. The van der Waals surface area contributed by atoms with Crippen molar-refractivity contribution in [1.82, 2.24) is 24.5 Å². The van der Waals surface area contributed by atoms with Crippen LogP contribution in [0.5, 0.6) is 11.5 Å². The fraction of sp³-hybridized carbons (Fsp3) is 0.375. The Bertz CT molecular complexity index is 1170. The Morgan fingerprint density at radius 2 is 2.00 bits per heavy atom. The Balaban J connectivity index is 1.63. The van der Waals surface area contributed by atoms with Crippen molar-refractivity contribution in [3.05, 3.63) is 59.7 Å². The second-order valence-electron chi connectivity index (χ2n) is 8.16. The van der Waals surface area contributed by atoms with E-state index in [9.17, 15) is 9.59 Å². The molecule has 0 saturated carbocycles. The van der Waals surface area contributed by atoms with Crippen molar-refractivity contribution in [2.45, 2.75) is 25.4 Å². The van der Waals surface area contributed by atoms with Gasteiger partial charge in [-0.25, -0.2) is 9.78 Å². The van der Waals surface area contributed by atoms with Crippen LogP contribution in [0.4, 0.5) is 4.79 Å². The Labute approximate surface area is 192 Å². The highest BCUT2D eigenvalue weighted by molar-refractivity contribution is 5.99. The van der Waals surface area contributed by atoms with Crippen LogP contribution in [0.2, 0.25) is 0 Å². The molecule has 1 fully saturated rings. The summed E-state index contributed by atoms with van der Waals surface area (Å²) in [6.45, 7) is 0.926. The van der Waals surface area contributed by atoms with E-state index in [4.69, 9.17) is 14.5 Å². The maximum atomic E-state index is 13.2. The highest BCUT2D eigenvalue weighted by Gasteiger charge is 2.35. The van der Waals surface area contributed by atoms with Crippen LogP contribution in [0, 0.1) is 0 Å². The zero-order valence-electron chi connectivity index (χ0n) is 19.4. The van der Waals surface area contributed by atoms with E-state index in [1.165, 1.54) is 0 Å². The lowest BCUT2D eigenvalue weighted by Crippen LogP contribution is -2.39. The fourth-order valence-electron chi connectivity index (χ4n) is 4.26. The minimum absolute atomic E-state index is 0.0543. The van der Waals surface area contributed by atoms with Gasteiger partial charge in [-0.2, -0.15) is 0 Å². The van der Waals surface area contributed by atoms with E-state index >= 15 is 0 Å². The van der Waals surface area contributed by atoms with E-state index in [1.54, 1.807) is 39.3 Å². The lowest BCUT2D eigenvalue weighted by atomic mass is 10.2. The summed E-state index contributed by atoms with van der Waals surface area (Å²) < 4.78 is 12.6. The minimum Gasteiger partial charge on any atom is -0.497 e. The second-order valence-corrected chi connectivity index (χ2v) is 8.16. The molecule has 4 rings (SSSR count). The van der Waals surface area contributed by atoms with Crippen molar-refractivity contribution in [2.24, 2.45) is 0 Å². The SMILES string of the molecule is COc1ccc(OC)c(CNC(=O)c2nc([C@@H]3CCCN3C(=O)N(C)C)n3ccccc23)c1. The van der Waals surface area contributed by atoms with E-state index in [2.05, 4.69) is 5.32 Å². The predicted molar refractivity (Wildman–Crippen MR) is 124 cm³/mol. The molecule has 174 valence electrons. The average Bonchev–Trinajstić information content (AvgIpc) is 3.46. The molecule has 1 atom stereocenters. The van der Waals surface area contributed by atoms with Gasteiger partial charge < -0.3 is 29.0 Å². The molecule has 1 aromatic carbocycles. The third kappa shape index (κ3) is 4.30. The number of carbonyl (C=O) groups is 2. The molecule has 0 bridgehead atoms. The number of fused-ring (bicyclic) bond motifs is 1. The van der Waals surface area contributed by atoms with Crippen molar-refractivity contribution >= 4 is 17.5 Å². The number of ether oxygens (including phenoxy) is 2. The van der Waals surface area contributed by atoms with Gasteiger partial charge in [0.25, 0.3) is 5.91 Å². The van der Waals surface area contributed by atoms with Crippen LogP contribution in [0.3, 0.4) is 0 Å². The molecule has 1 aliphatic heterocycles. The normalized spacial score (nSPS) is 15.5. The molecule has 1 N–H and O–H groups in total. The number of rotatable bonds is 6. The number of aromatic nitrogens is 2. The third-order valence-electron chi connectivity index (χ3n) is 5.90. The fourth-order valence-corrected chi connectivity index (χ4v) is 4.26. The molecule has 1 saturated heterocycles. The van der Waals surface area contributed by atoms with Gasteiger partial charge >= 0.3 is 6.03 Å². The number of methoxy groups -OCH3 is 2. The van der Waals surface area contributed by atoms with Crippen LogP contribution < -0.4 is 14.8 Å². The van der Waals surface area contributed by atoms with Crippen molar-refractivity contribution < 1.29 is 19.1 Å². The van der Waals surface area contributed by atoms with Gasteiger partial charge in [0.2, 0.25) is 0 Å². The number of urea groups is 1. The first-order valence-corrected chi connectivity index (χ1v) is 10.9. The van der Waals surface area contributed by atoms with Gasteiger partial charge in [-0.15, -0.1) is 0 Å². The molecular formula is C24H29N5O4. The highest BCUT2D eigenvalue weighted by Crippen LogP contribution is 2.33. The van der Waals surface area contributed by atoms with Gasteiger partial charge in [0.15, 0.2) is 5.69 Å². The molecule has 3 aromatic rings. The summed E-state index contributed by atoms with van der Waals surface area (Å²) in [5.74, 6) is 1.75. The molecule has 33 heavy (non-hydrogen) atoms. The second kappa shape index (κ2) is 9.40. The molecule has 0 aliphatic carbocycles. The molecule has 0 radical (unpaired) electrons. The summed E-state index contributed by atoms with van der Waals surface area (Å²) in [7, 11) is 6.67. The average molecular weight is 452 g/mol. The quantitative estimate of drug-likeness (QED) is 0.622. The van der Waals surface area contributed by atoms with Crippen molar-refractivity contribution in [1.29, 1.82) is 0 Å². The third-order valence-corrected chi connectivity index (χ3v) is 5.90. The molecule has 3 heterocycles. The van der Waals surface area contributed by atoms with Crippen LogP contribution in [0.25, 0.3) is 5.52 Å². The smallest absolute Gasteiger partial charge is 0.320 e. The number of hydrogen-bond donors (Lipinski definition) is 1. The standard InChI is InChI=1S/C24H29N5O4/c1-27(2)24(31)29-13-7-9-19(29)22-26-21(18-8-5-6-12-28(18)22)23(30)25-15-16-14-17(32-3)10-11-20(16)33-4/h5-6,8,10-12,14,19H,7,9,13,15H2,1-4H3,(H,25,30)/t19-/m0/s1. The van der Waals surface area contributed by atoms with E-state index < -0.39 is 0 Å². The molecule has 9 heteroatoms. The van der Waals surface area contributed by atoms with Crippen molar-refractivity contribution in [2.75, 3.05) is 34.9 Å². The van der Waals surface area contributed by atoms with Crippen LogP contribution in [-0.2, 0) is 6.54 Å². The highest BCUT2D eigenvalue weighted by atomic mass is 16.5.